The molecular formula is C11H11BrO. The number of Topliss-reactive ketones (excluding diaryl/α,β-unsaturated/α-hetero) is 1. The van der Waals surface area contributed by atoms with E-state index in [9.17, 15) is 4.79 Å². The van der Waals surface area contributed by atoms with Crippen molar-refractivity contribution in [3.63, 3.8) is 0 Å². The van der Waals surface area contributed by atoms with Gasteiger partial charge in [0.2, 0.25) is 0 Å². The molecule has 1 aromatic carbocycles. The van der Waals surface area contributed by atoms with Crippen LogP contribution >= 0.6 is 15.9 Å². The second kappa shape index (κ2) is 3.62. The highest BCUT2D eigenvalue weighted by atomic mass is 79.9. The second-order valence-electron chi connectivity index (χ2n) is 3.50. The van der Waals surface area contributed by atoms with E-state index in [0.29, 0.717) is 11.7 Å². The lowest BCUT2D eigenvalue weighted by molar-refractivity contribution is 0.0855. The van der Waals surface area contributed by atoms with Gasteiger partial charge >= 0.3 is 0 Å². The lowest BCUT2D eigenvalue weighted by Crippen LogP contribution is -2.21. The van der Waals surface area contributed by atoms with Crippen LogP contribution in [0.4, 0.5) is 0 Å². The van der Waals surface area contributed by atoms with E-state index < -0.39 is 0 Å². The molecule has 0 unspecified atom stereocenters. The van der Waals surface area contributed by atoms with Crippen molar-refractivity contribution in [2.75, 3.05) is 0 Å². The zero-order chi connectivity index (χ0) is 9.26. The third-order valence-electron chi connectivity index (χ3n) is 2.60. The molecule has 2 heteroatoms. The van der Waals surface area contributed by atoms with Crippen molar-refractivity contribution in [3.8, 4) is 0 Å². The van der Waals surface area contributed by atoms with E-state index >= 15 is 0 Å². The second-order valence-corrected chi connectivity index (χ2v) is 4.41. The highest BCUT2D eigenvalue weighted by Gasteiger charge is 2.25. The van der Waals surface area contributed by atoms with Gasteiger partial charge in [0, 0.05) is 16.0 Å². The van der Waals surface area contributed by atoms with Gasteiger partial charge in [0.25, 0.3) is 0 Å². The lowest BCUT2D eigenvalue weighted by atomic mass is 9.80. The fourth-order valence-electron chi connectivity index (χ4n) is 1.52. The van der Waals surface area contributed by atoms with E-state index in [1.807, 2.05) is 24.3 Å². The first-order valence-corrected chi connectivity index (χ1v) is 5.36. The molecule has 13 heavy (non-hydrogen) atoms. The monoisotopic (exact) mass is 238 g/mol. The highest BCUT2D eigenvalue weighted by molar-refractivity contribution is 9.10. The minimum Gasteiger partial charge on any atom is -0.294 e. The Balaban J connectivity index is 2.15. The molecule has 0 atom stereocenters. The number of ketones is 1. The first kappa shape index (κ1) is 8.95. The van der Waals surface area contributed by atoms with Gasteiger partial charge < -0.3 is 0 Å². The molecule has 1 aliphatic carbocycles. The van der Waals surface area contributed by atoms with Crippen LogP contribution in [0.3, 0.4) is 0 Å². The Hall–Kier alpha value is -0.630. The summed E-state index contributed by atoms with van der Waals surface area (Å²) in [5, 5.41) is 0. The Kier molecular flexibility index (Phi) is 2.49. The van der Waals surface area contributed by atoms with E-state index in [1.165, 1.54) is 6.42 Å². The summed E-state index contributed by atoms with van der Waals surface area (Å²) in [5.74, 6) is 0.625. The standard InChI is InChI=1S/C11H11BrO/c12-10-6-4-9(5-7-10)11(13)8-2-1-3-8/h4-8H,1-3H2. The zero-order valence-corrected chi connectivity index (χ0v) is 8.88. The van der Waals surface area contributed by atoms with E-state index in [1.54, 1.807) is 0 Å². The molecule has 0 radical (unpaired) electrons. The van der Waals surface area contributed by atoms with Crippen LogP contribution in [-0.2, 0) is 0 Å². The van der Waals surface area contributed by atoms with Gasteiger partial charge in [-0.25, -0.2) is 0 Å². The maximum absolute atomic E-state index is 11.7. The molecule has 1 aliphatic rings. The van der Waals surface area contributed by atoms with Gasteiger partial charge in [-0.3, -0.25) is 4.79 Å². The number of rotatable bonds is 2. The van der Waals surface area contributed by atoms with Crippen LogP contribution in [0.1, 0.15) is 29.6 Å². The predicted molar refractivity (Wildman–Crippen MR) is 55.8 cm³/mol. The lowest BCUT2D eigenvalue weighted by Gasteiger charge is -2.23. The summed E-state index contributed by atoms with van der Waals surface area (Å²) < 4.78 is 1.03. The van der Waals surface area contributed by atoms with Gasteiger partial charge in [-0.2, -0.15) is 0 Å². The van der Waals surface area contributed by atoms with Gasteiger partial charge in [0.1, 0.15) is 0 Å². The topological polar surface area (TPSA) is 17.1 Å². The third kappa shape index (κ3) is 1.83. The summed E-state index contributed by atoms with van der Waals surface area (Å²) in [4.78, 5) is 11.7. The molecule has 0 amide bonds. The number of halogens is 1. The van der Waals surface area contributed by atoms with Crippen molar-refractivity contribution < 1.29 is 4.79 Å². The summed E-state index contributed by atoms with van der Waals surface area (Å²) in [6.45, 7) is 0. The minimum atomic E-state index is 0.307. The number of carbonyl (C=O) groups is 1. The molecule has 0 heterocycles. The largest absolute Gasteiger partial charge is 0.294 e. The average Bonchev–Trinajstić information content (AvgIpc) is 2.02. The van der Waals surface area contributed by atoms with Gasteiger partial charge in [0.15, 0.2) is 5.78 Å². The van der Waals surface area contributed by atoms with Crippen molar-refractivity contribution in [3.05, 3.63) is 34.3 Å². The van der Waals surface area contributed by atoms with Crippen LogP contribution in [0.5, 0.6) is 0 Å². The Morgan fingerprint density at radius 3 is 2.31 bits per heavy atom. The van der Waals surface area contributed by atoms with E-state index in [0.717, 1.165) is 22.9 Å². The maximum Gasteiger partial charge on any atom is 0.165 e. The quantitative estimate of drug-likeness (QED) is 0.722. The summed E-state index contributed by atoms with van der Waals surface area (Å²) in [5.41, 5.74) is 0.855. The number of hydrogen-bond donors (Lipinski definition) is 0. The number of hydrogen-bond acceptors (Lipinski definition) is 1. The maximum atomic E-state index is 11.7. The minimum absolute atomic E-state index is 0.307. The van der Waals surface area contributed by atoms with Crippen molar-refractivity contribution >= 4 is 21.7 Å². The normalized spacial score (nSPS) is 16.7. The van der Waals surface area contributed by atoms with Crippen LogP contribution < -0.4 is 0 Å². The summed E-state index contributed by atoms with van der Waals surface area (Å²) in [6, 6.07) is 7.63. The Morgan fingerprint density at radius 2 is 1.85 bits per heavy atom. The first-order valence-electron chi connectivity index (χ1n) is 4.57. The average molecular weight is 239 g/mol. The zero-order valence-electron chi connectivity index (χ0n) is 7.29. The molecule has 1 fully saturated rings. The van der Waals surface area contributed by atoms with Gasteiger partial charge in [0.05, 0.1) is 0 Å². The smallest absolute Gasteiger partial charge is 0.165 e. The third-order valence-corrected chi connectivity index (χ3v) is 3.13. The Labute approximate surface area is 86.3 Å². The Bertz CT molecular complexity index is 311. The fourth-order valence-corrected chi connectivity index (χ4v) is 1.78. The van der Waals surface area contributed by atoms with Crippen LogP contribution in [0.25, 0.3) is 0 Å². The highest BCUT2D eigenvalue weighted by Crippen LogP contribution is 2.29. The molecule has 1 aromatic rings. The van der Waals surface area contributed by atoms with E-state index in [-0.39, 0.29) is 0 Å². The van der Waals surface area contributed by atoms with E-state index in [4.69, 9.17) is 0 Å². The van der Waals surface area contributed by atoms with Crippen LogP contribution in [0, 0.1) is 5.92 Å². The SMILES string of the molecule is O=C(c1ccc(Br)cc1)C1CCC1. The van der Waals surface area contributed by atoms with Gasteiger partial charge in [-0.15, -0.1) is 0 Å². The first-order chi connectivity index (χ1) is 6.27. The summed E-state index contributed by atoms with van der Waals surface area (Å²) in [6.07, 6.45) is 3.37. The van der Waals surface area contributed by atoms with Gasteiger partial charge in [-0.1, -0.05) is 34.5 Å². The predicted octanol–water partition coefficient (Wildman–Crippen LogP) is 3.43. The Morgan fingerprint density at radius 1 is 1.23 bits per heavy atom. The molecule has 68 valence electrons. The summed E-state index contributed by atoms with van der Waals surface area (Å²) in [7, 11) is 0. The van der Waals surface area contributed by atoms with Crippen molar-refractivity contribution in [1.82, 2.24) is 0 Å². The fraction of sp³-hybridized carbons (Fsp3) is 0.364. The number of carbonyl (C=O) groups excluding carboxylic acids is 1. The van der Waals surface area contributed by atoms with Crippen LogP contribution in [-0.4, -0.2) is 5.78 Å². The molecule has 0 aliphatic heterocycles. The van der Waals surface area contributed by atoms with E-state index in [2.05, 4.69) is 15.9 Å². The van der Waals surface area contributed by atoms with Crippen molar-refractivity contribution in [1.29, 1.82) is 0 Å². The molecule has 0 aromatic heterocycles. The summed E-state index contributed by atoms with van der Waals surface area (Å²) >= 11 is 3.35. The molecule has 0 saturated heterocycles. The molecule has 0 spiro atoms. The molecule has 0 bridgehead atoms. The molecule has 2 rings (SSSR count). The van der Waals surface area contributed by atoms with Crippen molar-refractivity contribution in [2.45, 2.75) is 19.3 Å². The van der Waals surface area contributed by atoms with Gasteiger partial charge in [-0.05, 0) is 25.0 Å². The molecule has 0 N–H and O–H groups in total. The van der Waals surface area contributed by atoms with Crippen LogP contribution in [0.15, 0.2) is 28.7 Å². The number of benzene rings is 1. The molecule has 1 saturated carbocycles. The van der Waals surface area contributed by atoms with Crippen molar-refractivity contribution in [2.24, 2.45) is 5.92 Å². The van der Waals surface area contributed by atoms with Crippen LogP contribution in [0.2, 0.25) is 0 Å². The molecular weight excluding hydrogens is 228 g/mol. The molecule has 1 nitrogen and oxygen atoms in total.